The van der Waals surface area contributed by atoms with E-state index < -0.39 is 18.1 Å². The SMILES string of the molecule is [2H]c1c([2H])c([2H])c(-c2nc(-c3cccc4c3sc3ccccc34)nc(-c3cccc4c3sc3cc(-n5c6ccccc6c6ccccc65)ccc34)n2)c([2H])c1[2H]. The lowest BCUT2D eigenvalue weighted by molar-refractivity contribution is 1.08. The van der Waals surface area contributed by atoms with Gasteiger partial charge in [0.05, 0.1) is 17.9 Å². The molecule has 0 aliphatic heterocycles. The van der Waals surface area contributed by atoms with Crippen LogP contribution in [0.1, 0.15) is 6.85 Å². The second-order valence-electron chi connectivity index (χ2n) is 12.4. The molecule has 0 saturated carbocycles. The van der Waals surface area contributed by atoms with Crippen molar-refractivity contribution in [3.63, 3.8) is 0 Å². The Bertz CT molecular complexity index is 3380. The summed E-state index contributed by atoms with van der Waals surface area (Å²) < 4.78 is 49.3. The summed E-state index contributed by atoms with van der Waals surface area (Å²) in [5.74, 6) is 0.738. The van der Waals surface area contributed by atoms with Crippen molar-refractivity contribution >= 4 is 84.8 Å². The maximum Gasteiger partial charge on any atom is 0.165 e. The highest BCUT2D eigenvalue weighted by atomic mass is 32.1. The van der Waals surface area contributed by atoms with Crippen molar-refractivity contribution in [2.75, 3.05) is 0 Å². The van der Waals surface area contributed by atoms with Crippen LogP contribution in [-0.2, 0) is 0 Å². The van der Waals surface area contributed by atoms with Gasteiger partial charge in [0.25, 0.3) is 0 Å². The number of fused-ring (bicyclic) bond motifs is 9. The minimum atomic E-state index is -0.469. The van der Waals surface area contributed by atoms with Crippen molar-refractivity contribution in [1.29, 1.82) is 0 Å². The second-order valence-corrected chi connectivity index (χ2v) is 14.5. The first-order valence-corrected chi connectivity index (χ1v) is 18.2. The molecule has 7 aromatic carbocycles. The van der Waals surface area contributed by atoms with Crippen LogP contribution < -0.4 is 0 Å². The number of rotatable bonds is 4. The molecule has 0 spiro atoms. The summed E-state index contributed by atoms with van der Waals surface area (Å²) in [7, 11) is 0. The van der Waals surface area contributed by atoms with Gasteiger partial charge in [-0.3, -0.25) is 0 Å². The Morgan fingerprint density at radius 3 is 1.65 bits per heavy atom. The van der Waals surface area contributed by atoms with E-state index in [0.29, 0.717) is 11.6 Å². The van der Waals surface area contributed by atoms with Gasteiger partial charge in [0, 0.05) is 73.5 Å². The molecular formula is C45H26N4S2. The molecule has 4 aromatic heterocycles. The lowest BCUT2D eigenvalue weighted by atomic mass is 10.1. The third-order valence-electron chi connectivity index (χ3n) is 9.57. The molecule has 0 N–H and O–H groups in total. The summed E-state index contributed by atoms with van der Waals surface area (Å²) in [6.07, 6.45) is 0. The van der Waals surface area contributed by atoms with E-state index in [0.717, 1.165) is 68.2 Å². The Kier molecular flexibility index (Phi) is 5.25. The Balaban J connectivity index is 1.16. The van der Waals surface area contributed by atoms with Crippen molar-refractivity contribution in [1.82, 2.24) is 19.5 Å². The van der Waals surface area contributed by atoms with Gasteiger partial charge in [-0.2, -0.15) is 0 Å². The number of benzene rings is 7. The van der Waals surface area contributed by atoms with Crippen LogP contribution in [0.5, 0.6) is 0 Å². The quantitative estimate of drug-likeness (QED) is 0.184. The first-order valence-electron chi connectivity index (χ1n) is 19.0. The predicted molar refractivity (Wildman–Crippen MR) is 216 cm³/mol. The molecule has 0 aliphatic carbocycles. The summed E-state index contributed by atoms with van der Waals surface area (Å²) in [6, 6.07) is 41.8. The molecule has 0 unspecified atom stereocenters. The fourth-order valence-corrected chi connectivity index (χ4v) is 9.77. The Morgan fingerprint density at radius 2 is 0.980 bits per heavy atom. The van der Waals surface area contributed by atoms with Gasteiger partial charge in [0.1, 0.15) is 0 Å². The average Bonchev–Trinajstić information content (AvgIpc) is 3.91. The molecule has 0 bridgehead atoms. The van der Waals surface area contributed by atoms with E-state index in [9.17, 15) is 0 Å². The minimum Gasteiger partial charge on any atom is -0.309 e. The maximum absolute atomic E-state index is 8.84. The van der Waals surface area contributed by atoms with Crippen molar-refractivity contribution in [2.45, 2.75) is 0 Å². The fraction of sp³-hybridized carbons (Fsp3) is 0. The highest BCUT2D eigenvalue weighted by Gasteiger charge is 2.20. The van der Waals surface area contributed by atoms with Gasteiger partial charge in [-0.05, 0) is 42.5 Å². The molecule has 0 amide bonds. The first-order chi connectivity index (χ1) is 27.4. The van der Waals surface area contributed by atoms with E-state index in [1.165, 1.54) is 10.8 Å². The number of aromatic nitrogens is 4. The van der Waals surface area contributed by atoms with Crippen molar-refractivity contribution < 1.29 is 6.85 Å². The number of hydrogen-bond donors (Lipinski definition) is 0. The molecule has 11 aromatic rings. The van der Waals surface area contributed by atoms with Crippen molar-refractivity contribution in [3.05, 3.63) is 158 Å². The largest absolute Gasteiger partial charge is 0.309 e. The highest BCUT2D eigenvalue weighted by Crippen LogP contribution is 2.43. The molecule has 0 fully saturated rings. The lowest BCUT2D eigenvalue weighted by Gasteiger charge is -2.09. The zero-order chi connectivity index (χ0) is 37.8. The minimum absolute atomic E-state index is 0.0203. The summed E-state index contributed by atoms with van der Waals surface area (Å²) in [4.78, 5) is 14.9. The smallest absolute Gasteiger partial charge is 0.165 e. The van der Waals surface area contributed by atoms with Crippen LogP contribution in [-0.4, -0.2) is 19.5 Å². The Labute approximate surface area is 307 Å². The Morgan fingerprint density at radius 1 is 0.451 bits per heavy atom. The molecule has 238 valence electrons. The highest BCUT2D eigenvalue weighted by molar-refractivity contribution is 7.26. The van der Waals surface area contributed by atoms with Gasteiger partial charge >= 0.3 is 0 Å². The van der Waals surface area contributed by atoms with Gasteiger partial charge in [0.2, 0.25) is 0 Å². The van der Waals surface area contributed by atoms with Crippen molar-refractivity contribution in [3.8, 4) is 39.9 Å². The third-order valence-corrected chi connectivity index (χ3v) is 12.0. The van der Waals surface area contributed by atoms with Crippen LogP contribution in [0, 0.1) is 0 Å². The van der Waals surface area contributed by atoms with Crippen LogP contribution in [0.3, 0.4) is 0 Å². The van der Waals surface area contributed by atoms with Gasteiger partial charge in [-0.1, -0.05) is 115 Å². The van der Waals surface area contributed by atoms with E-state index in [-0.39, 0.29) is 23.5 Å². The van der Waals surface area contributed by atoms with Gasteiger partial charge in [-0.15, -0.1) is 22.7 Å². The van der Waals surface area contributed by atoms with E-state index in [1.807, 2.05) is 36.4 Å². The van der Waals surface area contributed by atoms with Gasteiger partial charge < -0.3 is 4.57 Å². The van der Waals surface area contributed by atoms with Crippen LogP contribution >= 0.6 is 22.7 Å². The monoisotopic (exact) mass is 691 g/mol. The molecule has 0 saturated heterocycles. The van der Waals surface area contributed by atoms with Crippen LogP contribution in [0.15, 0.2) is 158 Å². The second kappa shape index (κ2) is 11.2. The van der Waals surface area contributed by atoms with Crippen molar-refractivity contribution in [2.24, 2.45) is 0 Å². The molecule has 0 aliphatic rings. The van der Waals surface area contributed by atoms with E-state index in [1.54, 1.807) is 22.7 Å². The zero-order valence-electron chi connectivity index (χ0n) is 31.7. The summed E-state index contributed by atoms with van der Waals surface area (Å²) >= 11 is 3.30. The Hall–Kier alpha value is -6.21. The number of thiophene rings is 2. The summed E-state index contributed by atoms with van der Waals surface area (Å²) in [6.45, 7) is 0. The summed E-state index contributed by atoms with van der Waals surface area (Å²) in [5, 5.41) is 6.76. The molecule has 4 heterocycles. The maximum atomic E-state index is 8.84. The predicted octanol–water partition coefficient (Wildman–Crippen LogP) is 12.7. The van der Waals surface area contributed by atoms with Crippen LogP contribution in [0.4, 0.5) is 0 Å². The van der Waals surface area contributed by atoms with Gasteiger partial charge in [-0.25, -0.2) is 15.0 Å². The van der Waals surface area contributed by atoms with Crippen LogP contribution in [0.2, 0.25) is 0 Å². The molecule has 6 heteroatoms. The lowest BCUT2D eigenvalue weighted by Crippen LogP contribution is -2.00. The third kappa shape index (κ3) is 4.40. The van der Waals surface area contributed by atoms with E-state index in [4.69, 9.17) is 21.8 Å². The topological polar surface area (TPSA) is 43.6 Å². The molecule has 51 heavy (non-hydrogen) atoms. The van der Waals surface area contributed by atoms with Crippen LogP contribution in [0.25, 0.3) is 102 Å². The number of nitrogens with zero attached hydrogens (tertiary/aromatic N) is 4. The molecule has 0 radical (unpaired) electrons. The molecular weight excluding hydrogens is 661 g/mol. The zero-order valence-corrected chi connectivity index (χ0v) is 28.4. The standard InChI is InChI=1S/C45H26N4S2/c1-2-12-27(13-3-1)43-46-44(35-19-10-17-33-31-16-6-9-23-39(31)50-41(33)35)48-45(47-43)36-20-11-18-34-32-25-24-28(26-40(32)51-42(34)36)49-37-21-7-4-14-29(37)30-15-5-8-22-38(30)49/h1-26H/i1D,2D,3D,12D,13D. The number of para-hydroxylation sites is 2. The molecule has 0 atom stereocenters. The normalized spacial score (nSPS) is 13.3. The molecule has 4 nitrogen and oxygen atoms in total. The first kappa shape index (κ1) is 24.0. The number of hydrogen-bond acceptors (Lipinski definition) is 5. The van der Waals surface area contributed by atoms with E-state index >= 15 is 0 Å². The molecule has 11 rings (SSSR count). The fourth-order valence-electron chi connectivity index (χ4n) is 7.32. The van der Waals surface area contributed by atoms with E-state index in [2.05, 4.69) is 95.6 Å². The summed E-state index contributed by atoms with van der Waals surface area (Å²) in [5.41, 5.74) is 4.82. The van der Waals surface area contributed by atoms with Gasteiger partial charge in [0.15, 0.2) is 17.5 Å². The average molecular weight is 692 g/mol.